The highest BCUT2D eigenvalue weighted by atomic mass is 16.5. The van der Waals surface area contributed by atoms with Crippen LogP contribution in [0.15, 0.2) is 54.6 Å². The lowest BCUT2D eigenvalue weighted by Gasteiger charge is -2.15. The molecule has 0 spiro atoms. The summed E-state index contributed by atoms with van der Waals surface area (Å²) in [5.74, 6) is 0.873. The van der Waals surface area contributed by atoms with Gasteiger partial charge in [0.1, 0.15) is 5.75 Å². The molecule has 128 valence electrons. The Morgan fingerprint density at radius 2 is 1.71 bits per heavy atom. The van der Waals surface area contributed by atoms with Gasteiger partial charge in [0.25, 0.3) is 0 Å². The van der Waals surface area contributed by atoms with Crippen molar-refractivity contribution in [3.8, 4) is 5.75 Å². The molecular formula is C20H26N2O2. The van der Waals surface area contributed by atoms with Crippen molar-refractivity contribution in [1.82, 2.24) is 5.32 Å². The highest BCUT2D eigenvalue weighted by molar-refractivity contribution is 5.76. The average molecular weight is 326 g/mol. The molecule has 0 saturated heterocycles. The van der Waals surface area contributed by atoms with Crippen LogP contribution in [-0.2, 0) is 11.2 Å². The second-order valence-electron chi connectivity index (χ2n) is 5.93. The molecule has 2 aromatic rings. The molecule has 2 aromatic carbocycles. The maximum atomic E-state index is 11.9. The van der Waals surface area contributed by atoms with Crippen molar-refractivity contribution in [1.29, 1.82) is 0 Å². The number of amides is 1. The molecule has 0 atom stereocenters. The summed E-state index contributed by atoms with van der Waals surface area (Å²) in [5, 5.41) is 6.23. The number of para-hydroxylation sites is 2. The summed E-state index contributed by atoms with van der Waals surface area (Å²) in [4.78, 5) is 11.9. The molecule has 0 fully saturated rings. The quantitative estimate of drug-likeness (QED) is 0.740. The van der Waals surface area contributed by atoms with Crippen LogP contribution >= 0.6 is 0 Å². The van der Waals surface area contributed by atoms with Gasteiger partial charge in [-0.25, -0.2) is 0 Å². The predicted molar refractivity (Wildman–Crippen MR) is 98.5 cm³/mol. The van der Waals surface area contributed by atoms with Gasteiger partial charge in [0, 0.05) is 19.5 Å². The molecule has 0 unspecified atom stereocenters. The summed E-state index contributed by atoms with van der Waals surface area (Å²) in [5.41, 5.74) is 2.15. The van der Waals surface area contributed by atoms with Crippen molar-refractivity contribution in [2.24, 2.45) is 0 Å². The number of benzene rings is 2. The fourth-order valence-electron chi connectivity index (χ4n) is 2.36. The van der Waals surface area contributed by atoms with E-state index in [-0.39, 0.29) is 12.0 Å². The molecule has 24 heavy (non-hydrogen) atoms. The fraction of sp³-hybridized carbons (Fsp3) is 0.350. The Morgan fingerprint density at radius 3 is 2.46 bits per heavy atom. The number of carbonyl (C=O) groups is 1. The third-order valence-corrected chi connectivity index (χ3v) is 3.50. The molecule has 0 aliphatic rings. The summed E-state index contributed by atoms with van der Waals surface area (Å²) < 4.78 is 5.75. The number of hydrogen-bond donors (Lipinski definition) is 2. The lowest BCUT2D eigenvalue weighted by atomic mass is 10.1. The molecule has 4 nitrogen and oxygen atoms in total. The van der Waals surface area contributed by atoms with Gasteiger partial charge in [-0.3, -0.25) is 4.79 Å². The van der Waals surface area contributed by atoms with E-state index in [4.69, 9.17) is 4.74 Å². The summed E-state index contributed by atoms with van der Waals surface area (Å²) in [6.07, 6.45) is 1.41. The van der Waals surface area contributed by atoms with Crippen LogP contribution in [0.25, 0.3) is 0 Å². The lowest BCUT2D eigenvalue weighted by molar-refractivity contribution is -0.120. The molecule has 0 aliphatic carbocycles. The highest BCUT2D eigenvalue weighted by Crippen LogP contribution is 2.24. The topological polar surface area (TPSA) is 50.4 Å². The number of hydrogen-bond acceptors (Lipinski definition) is 3. The molecule has 0 heterocycles. The Morgan fingerprint density at radius 1 is 1.00 bits per heavy atom. The zero-order valence-electron chi connectivity index (χ0n) is 14.4. The van der Waals surface area contributed by atoms with E-state index in [1.807, 2.05) is 56.3 Å². The van der Waals surface area contributed by atoms with Gasteiger partial charge in [0.15, 0.2) is 0 Å². The fourth-order valence-corrected chi connectivity index (χ4v) is 2.36. The smallest absolute Gasteiger partial charge is 0.221 e. The molecule has 0 radical (unpaired) electrons. The van der Waals surface area contributed by atoms with Gasteiger partial charge in [-0.1, -0.05) is 42.5 Å². The van der Waals surface area contributed by atoms with E-state index in [2.05, 4.69) is 22.8 Å². The second kappa shape index (κ2) is 9.60. The molecule has 0 aliphatic heterocycles. The molecule has 2 N–H and O–H groups in total. The molecule has 1 amide bonds. The normalized spacial score (nSPS) is 10.5. The first kappa shape index (κ1) is 17.9. The van der Waals surface area contributed by atoms with Crippen LogP contribution in [0.4, 0.5) is 5.69 Å². The molecule has 0 saturated carbocycles. The third kappa shape index (κ3) is 6.32. The third-order valence-electron chi connectivity index (χ3n) is 3.50. The first-order valence-corrected chi connectivity index (χ1v) is 8.45. The van der Waals surface area contributed by atoms with Gasteiger partial charge in [-0.05, 0) is 38.0 Å². The summed E-state index contributed by atoms with van der Waals surface area (Å²) in [6, 6.07) is 17.9. The highest BCUT2D eigenvalue weighted by Gasteiger charge is 2.06. The van der Waals surface area contributed by atoms with Crippen LogP contribution in [0.2, 0.25) is 0 Å². The van der Waals surface area contributed by atoms with Crippen LogP contribution < -0.4 is 15.4 Å². The molecule has 0 bridgehead atoms. The standard InChI is InChI=1S/C20H26N2O2/c1-16(2)24-19-11-7-6-10-18(19)21-15-13-20(23)22-14-12-17-8-4-3-5-9-17/h3-11,16,21H,12-15H2,1-2H3,(H,22,23). The van der Waals surface area contributed by atoms with Gasteiger partial charge in [-0.2, -0.15) is 0 Å². The molecular weight excluding hydrogens is 300 g/mol. The predicted octanol–water partition coefficient (Wildman–Crippen LogP) is 3.63. The van der Waals surface area contributed by atoms with Gasteiger partial charge >= 0.3 is 0 Å². The average Bonchev–Trinajstić information content (AvgIpc) is 2.57. The summed E-state index contributed by atoms with van der Waals surface area (Å²) in [7, 11) is 0. The number of nitrogens with one attached hydrogen (secondary N) is 2. The Labute approximate surface area is 144 Å². The van der Waals surface area contributed by atoms with E-state index in [9.17, 15) is 4.79 Å². The number of anilines is 1. The number of carbonyl (C=O) groups excluding carboxylic acids is 1. The van der Waals surface area contributed by atoms with E-state index < -0.39 is 0 Å². The Balaban J connectivity index is 1.69. The largest absolute Gasteiger partial charge is 0.489 e. The van der Waals surface area contributed by atoms with Crippen LogP contribution in [-0.4, -0.2) is 25.1 Å². The minimum Gasteiger partial charge on any atom is -0.489 e. The van der Waals surface area contributed by atoms with Crippen molar-refractivity contribution < 1.29 is 9.53 Å². The first-order chi connectivity index (χ1) is 11.6. The van der Waals surface area contributed by atoms with E-state index in [0.29, 0.717) is 19.5 Å². The van der Waals surface area contributed by atoms with Gasteiger partial charge in [0.2, 0.25) is 5.91 Å². The van der Waals surface area contributed by atoms with Crippen molar-refractivity contribution in [2.45, 2.75) is 32.8 Å². The minimum atomic E-state index is 0.0562. The van der Waals surface area contributed by atoms with Crippen LogP contribution in [0.1, 0.15) is 25.8 Å². The minimum absolute atomic E-state index is 0.0562. The Hall–Kier alpha value is -2.49. The van der Waals surface area contributed by atoms with Gasteiger partial charge in [0.05, 0.1) is 11.8 Å². The van der Waals surface area contributed by atoms with Gasteiger partial charge < -0.3 is 15.4 Å². The van der Waals surface area contributed by atoms with E-state index in [1.165, 1.54) is 5.56 Å². The van der Waals surface area contributed by atoms with Crippen molar-refractivity contribution in [3.05, 3.63) is 60.2 Å². The Bertz CT molecular complexity index is 627. The second-order valence-corrected chi connectivity index (χ2v) is 5.93. The lowest BCUT2D eigenvalue weighted by Crippen LogP contribution is -2.27. The van der Waals surface area contributed by atoms with Crippen LogP contribution in [0.3, 0.4) is 0 Å². The SMILES string of the molecule is CC(C)Oc1ccccc1NCCC(=O)NCCc1ccccc1. The maximum absolute atomic E-state index is 11.9. The van der Waals surface area contributed by atoms with Crippen molar-refractivity contribution in [2.75, 3.05) is 18.4 Å². The summed E-state index contributed by atoms with van der Waals surface area (Å²) in [6.45, 7) is 5.24. The molecule has 2 rings (SSSR count). The van der Waals surface area contributed by atoms with E-state index >= 15 is 0 Å². The van der Waals surface area contributed by atoms with Crippen LogP contribution in [0.5, 0.6) is 5.75 Å². The maximum Gasteiger partial charge on any atom is 0.221 e. The zero-order chi connectivity index (χ0) is 17.2. The zero-order valence-corrected chi connectivity index (χ0v) is 14.4. The van der Waals surface area contributed by atoms with E-state index in [1.54, 1.807) is 0 Å². The van der Waals surface area contributed by atoms with Crippen molar-refractivity contribution in [3.63, 3.8) is 0 Å². The monoisotopic (exact) mass is 326 g/mol. The summed E-state index contributed by atoms with van der Waals surface area (Å²) >= 11 is 0. The Kier molecular flexibility index (Phi) is 7.15. The van der Waals surface area contributed by atoms with E-state index in [0.717, 1.165) is 17.9 Å². The number of ether oxygens (including phenoxy) is 1. The molecule has 4 heteroatoms. The number of rotatable bonds is 9. The van der Waals surface area contributed by atoms with Crippen LogP contribution in [0, 0.1) is 0 Å². The molecule has 0 aromatic heterocycles. The first-order valence-electron chi connectivity index (χ1n) is 8.45. The van der Waals surface area contributed by atoms with Crippen molar-refractivity contribution >= 4 is 11.6 Å². The van der Waals surface area contributed by atoms with Gasteiger partial charge in [-0.15, -0.1) is 0 Å².